The fourth-order valence-electron chi connectivity index (χ4n) is 33.4. The predicted molar refractivity (Wildman–Crippen MR) is 518 cm³/mol. The van der Waals surface area contributed by atoms with Crippen molar-refractivity contribution < 1.29 is 199 Å². The molecule has 40 nitrogen and oxygen atoms in total. The summed E-state index contributed by atoms with van der Waals surface area (Å²) in [4.78, 5) is 0. The van der Waals surface area contributed by atoms with Crippen molar-refractivity contribution in [2.24, 2.45) is 140 Å². The molecule has 0 spiro atoms. The molecule has 0 aromatic carbocycles. The smallest absolute Gasteiger partial charge is 0.187 e. The maximum Gasteiger partial charge on any atom is 0.187 e. The Labute approximate surface area is 863 Å². The van der Waals surface area contributed by atoms with Crippen LogP contribution in [0.15, 0.2) is 0 Å². The Balaban J connectivity index is 0.576. The first kappa shape index (κ1) is 118. The monoisotopic (exact) mass is 2110 g/mol. The van der Waals surface area contributed by atoms with Crippen molar-refractivity contribution in [2.45, 2.75) is 436 Å². The highest BCUT2D eigenvalue weighted by atomic mass is 16.8. The lowest BCUT2D eigenvalue weighted by Crippen LogP contribution is -2.65. The molecule has 16 fully saturated rings. The van der Waals surface area contributed by atoms with Crippen LogP contribution in [0.5, 0.6) is 0 Å². The first-order chi connectivity index (χ1) is 70.0. The Morgan fingerprint density at radius 1 is 0.299 bits per heavy atom. The summed E-state index contributed by atoms with van der Waals surface area (Å²) in [6.07, 6.45) is -28.6. The van der Waals surface area contributed by atoms with E-state index in [4.69, 9.17) is 61.6 Å². The number of aliphatic hydroxyl groups is 27. The molecule has 40 heteroatoms. The third-order valence-electron chi connectivity index (χ3n) is 42.3. The van der Waals surface area contributed by atoms with Crippen LogP contribution in [0.2, 0.25) is 0 Å². The summed E-state index contributed by atoms with van der Waals surface area (Å²) in [6, 6.07) is 0. The molecular formula is C107H184O40. The van der Waals surface area contributed by atoms with Crippen LogP contribution in [0.1, 0.15) is 222 Å². The molecule has 5 heterocycles. The van der Waals surface area contributed by atoms with Crippen LogP contribution in [0.3, 0.4) is 0 Å². The van der Waals surface area contributed by atoms with Crippen molar-refractivity contribution in [2.75, 3.05) is 92.5 Å². The standard InChI is InChI=1S/C107H184O40/c1-49(64-16-18-66-60-14-12-56-34-58(20-24-103(56,4)68(60)22-26-105(64,66)6)139-70-32-53(37-108)62(78(116)51(70)3)31-52-30-54(38-109)80(118)87(125)79(52)117)10-8-28-135-45-107(47-137-99-95(133)91(129)97(76(43-114)145-99)142-71-33-55(39-110)81(119)88(126)83(71)121,48-138-100-96(134)92(130)98(77(44-115)146-100)147-102-94(132)90(128)86(124)75(42-113)144-102)46-136-29-9-11-50(2)65-17-19-67-61-15-13-57-35-59(21-25-104(57,5)69(61)23-27-106(65,67)7)140-101-93(131)82(120)63(73(40-111)143-101)36-72-84(122)89(127)85(123)74(41-112)141-72/h49-102,108-134H,8-48H2,1-7H3/t49?,50?,51?,52-,53?,54?,55?,56?,57?,58?,59?,60?,61?,62-,63+,64?,65?,66?,67?,68?,69?,70-,71+,72+,73?,74?,75?,76?,77?,78-,79?,80-,81-,82?,83?,84+,85+,86+,87-,88+,89?,90?,91-,92?,93-,94-,95?,96-,97-,98+,99-,100+,101+,102+,103?,104?,105?,106?,107?/m1/s1. The van der Waals surface area contributed by atoms with E-state index in [2.05, 4.69) is 41.5 Å². The van der Waals surface area contributed by atoms with Gasteiger partial charge in [0.15, 0.2) is 25.2 Å². The van der Waals surface area contributed by atoms with Gasteiger partial charge in [-0.1, -0.05) is 48.5 Å². The summed E-state index contributed by atoms with van der Waals surface area (Å²) in [5.41, 5.74) is -1.21. The maximum atomic E-state index is 12.1. The minimum absolute atomic E-state index is 0.000292. The van der Waals surface area contributed by atoms with Gasteiger partial charge < -0.3 is 199 Å². The summed E-state index contributed by atoms with van der Waals surface area (Å²) in [5, 5.41) is 296. The van der Waals surface area contributed by atoms with E-state index in [0.29, 0.717) is 97.2 Å². The zero-order chi connectivity index (χ0) is 106. The van der Waals surface area contributed by atoms with E-state index in [9.17, 15) is 138 Å². The van der Waals surface area contributed by atoms with E-state index in [1.54, 1.807) is 0 Å². The van der Waals surface area contributed by atoms with Crippen molar-refractivity contribution in [1.29, 1.82) is 0 Å². The summed E-state index contributed by atoms with van der Waals surface area (Å²) < 4.78 is 82.8. The third kappa shape index (κ3) is 23.6. The average molecular weight is 2110 g/mol. The molecule has 147 heavy (non-hydrogen) atoms. The minimum atomic E-state index is -1.98. The van der Waals surface area contributed by atoms with Gasteiger partial charge in [0.1, 0.15) is 122 Å². The van der Waals surface area contributed by atoms with E-state index < -0.39 is 278 Å². The number of aliphatic hydroxyl groups excluding tert-OH is 27. The highest BCUT2D eigenvalue weighted by Crippen LogP contribution is 2.71. The van der Waals surface area contributed by atoms with Crippen LogP contribution in [-0.2, 0) is 61.6 Å². The largest absolute Gasteiger partial charge is 0.396 e. The number of fused-ring (bicyclic) bond motifs is 10. The van der Waals surface area contributed by atoms with Gasteiger partial charge in [0.2, 0.25) is 0 Å². The maximum absolute atomic E-state index is 12.1. The van der Waals surface area contributed by atoms with Crippen molar-refractivity contribution in [3.05, 3.63) is 0 Å². The second-order valence-electron chi connectivity index (χ2n) is 50.2. The minimum Gasteiger partial charge on any atom is -0.396 e. The summed E-state index contributed by atoms with van der Waals surface area (Å²) in [7, 11) is 0. The molecule has 0 bridgehead atoms. The zero-order valence-corrected chi connectivity index (χ0v) is 87.1. The Morgan fingerprint density at radius 3 is 1.20 bits per heavy atom. The molecule has 11 saturated carbocycles. The van der Waals surface area contributed by atoms with E-state index in [1.807, 2.05) is 6.92 Å². The molecule has 852 valence electrons. The number of ether oxygens (including phenoxy) is 13. The molecule has 0 aromatic heterocycles. The van der Waals surface area contributed by atoms with Crippen LogP contribution in [0, 0.1) is 140 Å². The second-order valence-corrected chi connectivity index (χ2v) is 50.2. The van der Waals surface area contributed by atoms with Gasteiger partial charge in [-0.3, -0.25) is 0 Å². The van der Waals surface area contributed by atoms with Crippen LogP contribution in [0.4, 0.5) is 0 Å². The number of hydrogen-bond acceptors (Lipinski definition) is 40. The van der Waals surface area contributed by atoms with Gasteiger partial charge in [-0.2, -0.15) is 0 Å². The lowest BCUT2D eigenvalue weighted by molar-refractivity contribution is -0.362. The molecule has 27 N–H and O–H groups in total. The van der Waals surface area contributed by atoms with Crippen molar-refractivity contribution in [3.63, 3.8) is 0 Å². The molecule has 0 aromatic rings. The molecule has 0 radical (unpaired) electrons. The van der Waals surface area contributed by atoms with Gasteiger partial charge in [0.05, 0.1) is 132 Å². The van der Waals surface area contributed by atoms with Gasteiger partial charge in [-0.15, -0.1) is 0 Å². The topological polar surface area (TPSA) is 666 Å². The van der Waals surface area contributed by atoms with Crippen LogP contribution >= 0.6 is 0 Å². The van der Waals surface area contributed by atoms with Gasteiger partial charge >= 0.3 is 0 Å². The molecule has 5 aliphatic heterocycles. The Kier molecular flexibility index (Phi) is 39.9. The average Bonchev–Trinajstić information content (AvgIpc) is 1.59. The van der Waals surface area contributed by atoms with Crippen molar-refractivity contribution >= 4 is 0 Å². The first-order valence-corrected chi connectivity index (χ1v) is 56.1. The third-order valence-corrected chi connectivity index (χ3v) is 42.3. The first-order valence-electron chi connectivity index (χ1n) is 56.1. The molecule has 16 aliphatic rings. The van der Waals surface area contributed by atoms with Crippen molar-refractivity contribution in [1.82, 2.24) is 0 Å². The SMILES string of the molecule is CC(CCCOCC(COCCCC(C)C1CCC2C3CCC4CC(O[C@@H]5CC(CO)[C@@H](C[C@H]6CC(CO)[C@@H](O)[C@H](O)C6O)[C@H](O)C5C)CCC4(C)C3CCC12C)(CO[C@@H]1OC(CO)[C@@H](O[C@H]2CC(CO)[C@@H](O)[C@H](O)C2O)[C@H](O)C1O)CO[C@H]1OC(CO)[C@H](O[C@@H]2OC(CO)[C@H](O)C(O)[C@H]2O)C(O)[C@H]1O)C1CCC2C3CCC4CC(O[C@H]5OC(CO)[C@H](C[C@@H]6OC(CO)[C@H](O)C(O)[C@H]6O)C(O)[C@H]5O)CCC4(C)C3CCC12C. The Bertz CT molecular complexity index is 3770. The Morgan fingerprint density at radius 2 is 0.701 bits per heavy atom. The van der Waals surface area contributed by atoms with E-state index >= 15 is 0 Å². The van der Waals surface area contributed by atoms with Gasteiger partial charge in [-0.25, -0.2) is 0 Å². The van der Waals surface area contributed by atoms with E-state index in [0.717, 1.165) is 122 Å². The quantitative estimate of drug-likeness (QED) is 0.0239. The Hall–Kier alpha value is -1.60. The van der Waals surface area contributed by atoms with E-state index in [-0.39, 0.29) is 123 Å². The highest BCUT2D eigenvalue weighted by molar-refractivity contribution is 5.14. The number of hydrogen-bond donors (Lipinski definition) is 27. The summed E-state index contributed by atoms with van der Waals surface area (Å²) in [6.45, 7) is 11.0. The van der Waals surface area contributed by atoms with Crippen LogP contribution in [-0.4, -0.2) is 445 Å². The fraction of sp³-hybridized carbons (Fsp3) is 1.00. The van der Waals surface area contributed by atoms with Crippen LogP contribution in [0.25, 0.3) is 0 Å². The molecule has 11 aliphatic carbocycles. The zero-order valence-electron chi connectivity index (χ0n) is 87.1. The highest BCUT2D eigenvalue weighted by Gasteiger charge is 2.66. The van der Waals surface area contributed by atoms with Gasteiger partial charge in [0, 0.05) is 56.7 Å². The lowest BCUT2D eigenvalue weighted by atomic mass is 9.44. The predicted octanol–water partition coefficient (Wildman–Crippen LogP) is -1.75. The summed E-state index contributed by atoms with van der Waals surface area (Å²) >= 11 is 0. The van der Waals surface area contributed by atoms with Crippen LogP contribution < -0.4 is 0 Å². The molecule has 5 saturated heterocycles. The second kappa shape index (κ2) is 49.7. The fourth-order valence-corrected chi connectivity index (χ4v) is 33.4. The summed E-state index contributed by atoms with van der Waals surface area (Å²) in [5.74, 6) is 1.35. The van der Waals surface area contributed by atoms with Gasteiger partial charge in [0.25, 0.3) is 0 Å². The molecule has 0 amide bonds. The van der Waals surface area contributed by atoms with Gasteiger partial charge in [-0.05, 0) is 284 Å². The molecule has 16 rings (SSSR count). The molecular weight excluding hydrogens is 1930 g/mol. The van der Waals surface area contributed by atoms with Crippen molar-refractivity contribution in [3.8, 4) is 0 Å². The molecule has 59 atom stereocenters. The lowest BCUT2D eigenvalue weighted by Gasteiger charge is -2.61. The molecule has 35 unspecified atom stereocenters. The number of rotatable bonds is 40. The normalized spacial score (nSPS) is 52.0. The van der Waals surface area contributed by atoms with E-state index in [1.165, 1.54) is 0 Å².